The third kappa shape index (κ3) is 4.15. The van der Waals surface area contributed by atoms with E-state index < -0.39 is 0 Å². The van der Waals surface area contributed by atoms with Gasteiger partial charge in [0.05, 0.1) is 11.3 Å². The molecule has 4 rings (SSSR count). The molecule has 2 heterocycles. The number of nitrogens with one attached hydrogen (secondary N) is 1. The van der Waals surface area contributed by atoms with E-state index in [-0.39, 0.29) is 5.91 Å². The lowest BCUT2D eigenvalue weighted by Crippen LogP contribution is -2.15. The number of hydrogen-bond acceptors (Lipinski definition) is 6. The second-order valence-corrected chi connectivity index (χ2v) is 8.99. The summed E-state index contributed by atoms with van der Waals surface area (Å²) in [6.45, 7) is 5.33. The molecule has 1 aromatic heterocycles. The van der Waals surface area contributed by atoms with Gasteiger partial charge in [-0.1, -0.05) is 26.0 Å². The molecule has 0 aliphatic carbocycles. The Morgan fingerprint density at radius 2 is 1.93 bits per heavy atom. The molecule has 1 N–H and O–H groups in total. The number of thiazole rings is 1. The predicted octanol–water partition coefficient (Wildman–Crippen LogP) is 5.33. The highest BCUT2D eigenvalue weighted by Crippen LogP contribution is 2.35. The van der Waals surface area contributed by atoms with Gasteiger partial charge in [-0.05, 0) is 30.3 Å². The molecule has 0 spiro atoms. The van der Waals surface area contributed by atoms with Gasteiger partial charge in [-0.2, -0.15) is 0 Å². The molecular weight excluding hydrogens is 392 g/mol. The minimum atomic E-state index is -0.146. The lowest BCUT2D eigenvalue weighted by molar-refractivity contribution is 0.102. The third-order valence-corrected chi connectivity index (χ3v) is 5.90. The molecule has 0 saturated carbocycles. The molecule has 144 valence electrons. The summed E-state index contributed by atoms with van der Waals surface area (Å²) >= 11 is 3.08. The smallest absolute Gasteiger partial charge is 0.258 e. The molecule has 0 saturated heterocycles. The van der Waals surface area contributed by atoms with E-state index in [9.17, 15) is 4.79 Å². The number of nitrogens with zero attached hydrogens (tertiary/aromatic N) is 1. The molecule has 1 aliphatic rings. The van der Waals surface area contributed by atoms with E-state index >= 15 is 0 Å². The Balaban J connectivity index is 1.52. The van der Waals surface area contributed by atoms with E-state index in [1.165, 1.54) is 11.3 Å². The molecule has 0 fully saturated rings. The molecule has 2 aromatic carbocycles. The fraction of sp³-hybridized carbons (Fsp3) is 0.238. The number of benzene rings is 2. The second-order valence-electron chi connectivity index (χ2n) is 6.51. The Bertz CT molecular complexity index is 1000. The molecule has 0 bridgehead atoms. The Hall–Kier alpha value is -2.51. The fourth-order valence-corrected chi connectivity index (χ4v) is 4.51. The summed E-state index contributed by atoms with van der Waals surface area (Å²) in [5.41, 5.74) is 2.39. The number of thioether (sulfide) groups is 1. The van der Waals surface area contributed by atoms with Gasteiger partial charge in [0.15, 0.2) is 16.6 Å². The van der Waals surface area contributed by atoms with Crippen LogP contribution in [0.4, 0.5) is 5.13 Å². The molecule has 0 radical (unpaired) electrons. The molecule has 0 unspecified atom stereocenters. The van der Waals surface area contributed by atoms with Crippen LogP contribution in [0.15, 0.2) is 52.7 Å². The lowest BCUT2D eigenvalue weighted by Gasteiger charge is -2.18. The van der Waals surface area contributed by atoms with E-state index in [2.05, 4.69) is 24.1 Å². The minimum absolute atomic E-state index is 0.146. The van der Waals surface area contributed by atoms with Crippen molar-refractivity contribution in [3.63, 3.8) is 0 Å². The number of carbonyl (C=O) groups is 1. The number of anilines is 1. The van der Waals surface area contributed by atoms with E-state index in [1.807, 2.05) is 47.8 Å². The van der Waals surface area contributed by atoms with Crippen LogP contribution in [0, 0.1) is 0 Å². The highest BCUT2D eigenvalue weighted by atomic mass is 32.2. The zero-order valence-corrected chi connectivity index (χ0v) is 17.2. The third-order valence-electron chi connectivity index (χ3n) is 4.06. The van der Waals surface area contributed by atoms with Crippen LogP contribution in [0.25, 0.3) is 11.3 Å². The summed E-state index contributed by atoms with van der Waals surface area (Å²) in [6, 6.07) is 13.4. The standard InChI is InChI=1S/C21H20N2O3S2/c1-13(2)28-19-6-4-3-5-15(19)20(24)23-21-22-16(12-27-21)14-7-8-17-18(11-14)26-10-9-25-17/h3-8,11-13H,9-10H2,1-2H3,(H,22,23,24). The summed E-state index contributed by atoms with van der Waals surface area (Å²) in [4.78, 5) is 18.3. The SMILES string of the molecule is CC(C)Sc1ccccc1C(=O)Nc1nc(-c2ccc3c(c2)OCCO3)cs1. The summed E-state index contributed by atoms with van der Waals surface area (Å²) in [7, 11) is 0. The second kappa shape index (κ2) is 8.24. The average molecular weight is 413 g/mol. The van der Waals surface area contributed by atoms with Crippen LogP contribution in [-0.2, 0) is 0 Å². The maximum atomic E-state index is 12.8. The van der Waals surface area contributed by atoms with Crippen molar-refractivity contribution in [2.24, 2.45) is 0 Å². The zero-order valence-electron chi connectivity index (χ0n) is 15.6. The van der Waals surface area contributed by atoms with Crippen molar-refractivity contribution in [1.29, 1.82) is 0 Å². The van der Waals surface area contributed by atoms with Gasteiger partial charge in [-0.25, -0.2) is 4.98 Å². The summed E-state index contributed by atoms with van der Waals surface area (Å²) in [6.07, 6.45) is 0. The Labute approximate surface area is 172 Å². The van der Waals surface area contributed by atoms with Crippen molar-refractivity contribution in [2.45, 2.75) is 24.0 Å². The largest absolute Gasteiger partial charge is 0.486 e. The number of carbonyl (C=O) groups excluding carboxylic acids is 1. The lowest BCUT2D eigenvalue weighted by atomic mass is 10.1. The van der Waals surface area contributed by atoms with E-state index in [4.69, 9.17) is 9.47 Å². The highest BCUT2D eigenvalue weighted by molar-refractivity contribution is 8.00. The first-order valence-corrected chi connectivity index (χ1v) is 10.8. The average Bonchev–Trinajstić information content (AvgIpc) is 3.16. The number of ether oxygens (including phenoxy) is 2. The Morgan fingerprint density at radius 1 is 1.14 bits per heavy atom. The van der Waals surface area contributed by atoms with Crippen molar-refractivity contribution >= 4 is 34.1 Å². The maximum Gasteiger partial charge on any atom is 0.258 e. The van der Waals surface area contributed by atoms with Crippen LogP contribution in [0.5, 0.6) is 11.5 Å². The summed E-state index contributed by atoms with van der Waals surface area (Å²) in [5.74, 6) is 1.33. The Morgan fingerprint density at radius 3 is 2.75 bits per heavy atom. The Kier molecular flexibility index (Phi) is 5.54. The maximum absolute atomic E-state index is 12.8. The minimum Gasteiger partial charge on any atom is -0.486 e. The van der Waals surface area contributed by atoms with E-state index in [0.717, 1.165) is 27.7 Å². The normalized spacial score (nSPS) is 12.8. The van der Waals surface area contributed by atoms with Gasteiger partial charge in [0.25, 0.3) is 5.91 Å². The molecule has 5 nitrogen and oxygen atoms in total. The van der Waals surface area contributed by atoms with E-state index in [1.54, 1.807) is 11.8 Å². The van der Waals surface area contributed by atoms with Gasteiger partial charge < -0.3 is 9.47 Å². The van der Waals surface area contributed by atoms with Crippen LogP contribution >= 0.6 is 23.1 Å². The molecule has 1 amide bonds. The number of amides is 1. The first-order chi connectivity index (χ1) is 13.6. The van der Waals surface area contributed by atoms with Crippen molar-refractivity contribution in [3.05, 3.63) is 53.4 Å². The molecule has 7 heteroatoms. The fourth-order valence-electron chi connectivity index (χ4n) is 2.84. The molecule has 28 heavy (non-hydrogen) atoms. The molecule has 3 aromatic rings. The van der Waals surface area contributed by atoms with Gasteiger partial charge in [0, 0.05) is 21.1 Å². The van der Waals surface area contributed by atoms with Gasteiger partial charge in [-0.3, -0.25) is 10.1 Å². The van der Waals surface area contributed by atoms with Crippen LogP contribution < -0.4 is 14.8 Å². The van der Waals surface area contributed by atoms with Gasteiger partial charge in [-0.15, -0.1) is 23.1 Å². The first kappa shape index (κ1) is 18.8. The monoisotopic (exact) mass is 412 g/mol. The number of fused-ring (bicyclic) bond motifs is 1. The number of rotatable bonds is 5. The van der Waals surface area contributed by atoms with Gasteiger partial charge >= 0.3 is 0 Å². The van der Waals surface area contributed by atoms with Crippen LogP contribution in [0.3, 0.4) is 0 Å². The van der Waals surface area contributed by atoms with Crippen molar-refractivity contribution < 1.29 is 14.3 Å². The van der Waals surface area contributed by atoms with Crippen LogP contribution in [0.1, 0.15) is 24.2 Å². The predicted molar refractivity (Wildman–Crippen MR) is 114 cm³/mol. The molecular formula is C21H20N2O3S2. The summed E-state index contributed by atoms with van der Waals surface area (Å²) in [5, 5.41) is 5.82. The first-order valence-electron chi connectivity index (χ1n) is 9.03. The van der Waals surface area contributed by atoms with E-state index in [0.29, 0.717) is 29.2 Å². The van der Waals surface area contributed by atoms with Crippen LogP contribution in [0.2, 0.25) is 0 Å². The van der Waals surface area contributed by atoms with Crippen LogP contribution in [-0.4, -0.2) is 29.4 Å². The summed E-state index contributed by atoms with van der Waals surface area (Å²) < 4.78 is 11.2. The number of aromatic nitrogens is 1. The van der Waals surface area contributed by atoms with Crippen molar-refractivity contribution in [2.75, 3.05) is 18.5 Å². The molecule has 0 atom stereocenters. The van der Waals surface area contributed by atoms with Crippen molar-refractivity contribution in [1.82, 2.24) is 4.98 Å². The quantitative estimate of drug-likeness (QED) is 0.574. The van der Waals surface area contributed by atoms with Crippen molar-refractivity contribution in [3.8, 4) is 22.8 Å². The zero-order chi connectivity index (χ0) is 19.5. The van der Waals surface area contributed by atoms with Gasteiger partial charge in [0.1, 0.15) is 13.2 Å². The number of hydrogen-bond donors (Lipinski definition) is 1. The highest BCUT2D eigenvalue weighted by Gasteiger charge is 2.16. The van der Waals surface area contributed by atoms with Gasteiger partial charge in [0.2, 0.25) is 0 Å². The topological polar surface area (TPSA) is 60.5 Å². The molecule has 1 aliphatic heterocycles.